The monoisotopic (exact) mass is 437 g/mol. The van der Waals surface area contributed by atoms with E-state index < -0.39 is 26.9 Å². The van der Waals surface area contributed by atoms with Crippen molar-refractivity contribution in [3.63, 3.8) is 0 Å². The van der Waals surface area contributed by atoms with Crippen LogP contribution < -0.4 is 5.73 Å². The minimum Gasteiger partial charge on any atom is -0.423 e. The molecule has 0 saturated carbocycles. The van der Waals surface area contributed by atoms with E-state index in [2.05, 4.69) is 21.1 Å². The summed E-state index contributed by atoms with van der Waals surface area (Å²) in [5.74, 6) is 2.56. The number of aromatic nitrogens is 2. The smallest absolute Gasteiger partial charge is 0.250 e. The third-order valence-corrected chi connectivity index (χ3v) is 8.32. The molecule has 152 valence electrons. The molecule has 1 aliphatic rings. The van der Waals surface area contributed by atoms with Crippen LogP contribution in [0.4, 0.5) is 8.78 Å². The average Bonchev–Trinajstić information content (AvgIpc) is 3.29. The van der Waals surface area contributed by atoms with Gasteiger partial charge in [-0.05, 0) is 24.9 Å². The van der Waals surface area contributed by atoms with Crippen LogP contribution in [0.5, 0.6) is 0 Å². The second-order valence-electron chi connectivity index (χ2n) is 6.86. The van der Waals surface area contributed by atoms with Crippen LogP contribution in [0, 0.1) is 11.6 Å². The van der Waals surface area contributed by atoms with Crippen molar-refractivity contribution in [2.24, 2.45) is 10.7 Å². The lowest BCUT2D eigenvalue weighted by atomic mass is 10.0. The van der Waals surface area contributed by atoms with Gasteiger partial charge in [0, 0.05) is 17.5 Å². The fraction of sp³-hybridized carbons (Fsp3) is 0.222. The van der Waals surface area contributed by atoms with Gasteiger partial charge in [0.05, 0.1) is 25.9 Å². The Morgan fingerprint density at radius 3 is 2.76 bits per heavy atom. The lowest BCUT2D eigenvalue weighted by Crippen LogP contribution is -2.50. The van der Waals surface area contributed by atoms with E-state index in [1.54, 1.807) is 13.0 Å². The summed E-state index contributed by atoms with van der Waals surface area (Å²) in [4.78, 5) is 4.91. The van der Waals surface area contributed by atoms with Crippen LogP contribution in [0.2, 0.25) is 0 Å². The molecule has 29 heavy (non-hydrogen) atoms. The van der Waals surface area contributed by atoms with Crippen LogP contribution in [0.15, 0.2) is 40.1 Å². The molecule has 0 aliphatic carbocycles. The molecular formula is C18H17F2N5O2S2. The second-order valence-corrected chi connectivity index (χ2v) is 10.3. The van der Waals surface area contributed by atoms with Crippen LogP contribution in [0.25, 0.3) is 21.9 Å². The number of nitrogens with zero attached hydrogens (tertiary/aromatic N) is 4. The number of rotatable bonds is 3. The molecule has 1 aliphatic heterocycles. The first kappa shape index (κ1) is 19.5. The Kier molecular flexibility index (Phi) is 4.46. The predicted molar refractivity (Wildman–Crippen MR) is 110 cm³/mol. The van der Waals surface area contributed by atoms with Gasteiger partial charge in [-0.1, -0.05) is 12.1 Å². The maximum atomic E-state index is 15.1. The summed E-state index contributed by atoms with van der Waals surface area (Å²) >= 11 is 1.03. The van der Waals surface area contributed by atoms with Crippen molar-refractivity contribution in [2.45, 2.75) is 12.5 Å². The first-order valence-corrected chi connectivity index (χ1v) is 11.1. The standard InChI is InChI=1S/C18H17F2N5O2S2/c1-18(8-29(3,26)25(2)17(21)23-18)15-12(19)7-13(28-15)10-5-4-6-11(14(10)20)16-24-22-9-27-16/h4-7,9H,3,8H2,1-2H3,(H2,21,23)/t18-,29?/m0/s1. The van der Waals surface area contributed by atoms with Crippen molar-refractivity contribution in [1.82, 2.24) is 14.5 Å². The molecule has 0 fully saturated rings. The maximum Gasteiger partial charge on any atom is 0.250 e. The summed E-state index contributed by atoms with van der Waals surface area (Å²) in [6.07, 6.45) is 1.10. The van der Waals surface area contributed by atoms with Gasteiger partial charge in [0.25, 0.3) is 0 Å². The molecular weight excluding hydrogens is 420 g/mol. The Bertz CT molecular complexity index is 1220. The molecule has 0 radical (unpaired) electrons. The maximum absolute atomic E-state index is 15.1. The van der Waals surface area contributed by atoms with Crippen molar-refractivity contribution < 1.29 is 17.4 Å². The fourth-order valence-electron chi connectivity index (χ4n) is 3.22. The Morgan fingerprint density at radius 1 is 1.38 bits per heavy atom. The molecule has 0 spiro atoms. The van der Waals surface area contributed by atoms with Crippen LogP contribution in [0.1, 0.15) is 11.8 Å². The third-order valence-electron chi connectivity index (χ3n) is 4.72. The number of hydrogen-bond acceptors (Lipinski definition) is 7. The van der Waals surface area contributed by atoms with Crippen LogP contribution >= 0.6 is 11.3 Å². The summed E-state index contributed by atoms with van der Waals surface area (Å²) in [6.45, 7) is 1.64. The fourth-order valence-corrected chi connectivity index (χ4v) is 6.12. The van der Waals surface area contributed by atoms with Crippen molar-refractivity contribution in [3.8, 4) is 21.9 Å². The van der Waals surface area contributed by atoms with Crippen molar-refractivity contribution in [1.29, 1.82) is 0 Å². The van der Waals surface area contributed by atoms with E-state index in [1.807, 2.05) is 0 Å². The van der Waals surface area contributed by atoms with Crippen LogP contribution in [-0.2, 0) is 15.2 Å². The lowest BCUT2D eigenvalue weighted by molar-refractivity contribution is 0.493. The van der Waals surface area contributed by atoms with Crippen LogP contribution in [0.3, 0.4) is 0 Å². The van der Waals surface area contributed by atoms with Gasteiger partial charge in [0.15, 0.2) is 0 Å². The van der Waals surface area contributed by atoms with Gasteiger partial charge in [-0.2, -0.15) is 0 Å². The Morgan fingerprint density at radius 2 is 2.10 bits per heavy atom. The topological polar surface area (TPSA) is 97.6 Å². The molecule has 2 aromatic heterocycles. The second kappa shape index (κ2) is 6.63. The first-order chi connectivity index (χ1) is 13.6. The number of nitrogens with two attached hydrogens (primary N) is 1. The van der Waals surface area contributed by atoms with Crippen LogP contribution in [-0.4, -0.2) is 43.3 Å². The number of benzene rings is 1. The Balaban J connectivity index is 1.82. The highest BCUT2D eigenvalue weighted by Crippen LogP contribution is 2.42. The molecule has 0 saturated heterocycles. The molecule has 1 aromatic carbocycles. The third kappa shape index (κ3) is 3.19. The highest BCUT2D eigenvalue weighted by Gasteiger charge is 2.40. The first-order valence-electron chi connectivity index (χ1n) is 8.42. The molecule has 7 nitrogen and oxygen atoms in total. The SMILES string of the molecule is C=S1(=O)C[C@@](C)(c2sc(-c3cccc(-c4nnco4)c3F)cc2F)N=C(N)N1C. The Hall–Kier alpha value is -2.79. The van der Waals surface area contributed by atoms with E-state index in [1.165, 1.54) is 29.6 Å². The van der Waals surface area contributed by atoms with Gasteiger partial charge in [0.1, 0.15) is 17.2 Å². The van der Waals surface area contributed by atoms with Crippen molar-refractivity contribution in [2.75, 3.05) is 12.8 Å². The van der Waals surface area contributed by atoms with Crippen molar-refractivity contribution >= 4 is 32.9 Å². The summed E-state index contributed by atoms with van der Waals surface area (Å²) in [5.41, 5.74) is 5.01. The molecule has 4 rings (SSSR count). The number of guanidine groups is 1. The molecule has 3 heterocycles. The molecule has 2 N–H and O–H groups in total. The van der Waals surface area contributed by atoms with E-state index in [9.17, 15) is 8.60 Å². The summed E-state index contributed by atoms with van der Waals surface area (Å²) < 4.78 is 49.2. The molecule has 3 aromatic rings. The molecule has 1 unspecified atom stereocenters. The number of thiophene rings is 1. The highest BCUT2D eigenvalue weighted by atomic mass is 32.2. The largest absolute Gasteiger partial charge is 0.423 e. The quantitative estimate of drug-likeness (QED) is 0.636. The van der Waals surface area contributed by atoms with Gasteiger partial charge < -0.3 is 10.2 Å². The molecule has 0 amide bonds. The molecule has 2 atom stereocenters. The number of halogens is 2. The zero-order valence-corrected chi connectivity index (χ0v) is 17.2. The summed E-state index contributed by atoms with van der Waals surface area (Å²) in [5, 5.41) is 7.27. The Labute approximate surface area is 170 Å². The minimum absolute atomic E-state index is 0.0117. The minimum atomic E-state index is -2.77. The zero-order chi connectivity index (χ0) is 21.0. The van der Waals surface area contributed by atoms with Gasteiger partial charge in [-0.25, -0.2) is 18.0 Å². The summed E-state index contributed by atoms with van der Waals surface area (Å²) in [7, 11) is -1.24. The lowest BCUT2D eigenvalue weighted by Gasteiger charge is -2.36. The molecule has 11 heteroatoms. The van der Waals surface area contributed by atoms with Gasteiger partial charge in [0.2, 0.25) is 18.2 Å². The van der Waals surface area contributed by atoms with Gasteiger partial charge >= 0.3 is 0 Å². The van der Waals surface area contributed by atoms with E-state index >= 15 is 4.39 Å². The normalized spacial score (nSPS) is 24.6. The van der Waals surface area contributed by atoms with Crippen molar-refractivity contribution in [3.05, 3.63) is 47.2 Å². The number of hydrogen-bond donors (Lipinski definition) is 1. The van der Waals surface area contributed by atoms with E-state index in [-0.39, 0.29) is 33.6 Å². The van der Waals surface area contributed by atoms with Gasteiger partial charge in [-0.3, -0.25) is 4.31 Å². The molecule has 0 bridgehead atoms. The predicted octanol–water partition coefficient (Wildman–Crippen LogP) is 2.85. The zero-order valence-electron chi connectivity index (χ0n) is 15.6. The van der Waals surface area contributed by atoms with E-state index in [0.29, 0.717) is 4.88 Å². The highest BCUT2D eigenvalue weighted by molar-refractivity contribution is 7.98. The average molecular weight is 437 g/mol. The van der Waals surface area contributed by atoms with E-state index in [4.69, 9.17) is 10.2 Å². The summed E-state index contributed by atoms with van der Waals surface area (Å²) in [6, 6.07) is 5.88. The van der Waals surface area contributed by atoms with Gasteiger partial charge in [-0.15, -0.1) is 21.5 Å². The van der Waals surface area contributed by atoms with E-state index in [0.717, 1.165) is 17.7 Å². The number of aliphatic imine (C=N–C) groups is 1.